The Kier molecular flexibility index (Phi) is 4.74. The van der Waals surface area contributed by atoms with Crippen molar-refractivity contribution >= 4 is 11.9 Å². The normalized spacial score (nSPS) is 21.6. The van der Waals surface area contributed by atoms with Crippen LogP contribution in [0.1, 0.15) is 18.4 Å². The van der Waals surface area contributed by atoms with Gasteiger partial charge in [-0.1, -0.05) is 30.3 Å². The molecule has 1 aliphatic heterocycles. The van der Waals surface area contributed by atoms with Crippen molar-refractivity contribution in [2.75, 3.05) is 14.1 Å². The van der Waals surface area contributed by atoms with Crippen molar-refractivity contribution in [1.29, 1.82) is 0 Å². The summed E-state index contributed by atoms with van der Waals surface area (Å²) in [5.74, 6) is -0.247. The van der Waals surface area contributed by atoms with Crippen molar-refractivity contribution in [3.63, 3.8) is 0 Å². The highest BCUT2D eigenvalue weighted by Crippen LogP contribution is 2.14. The maximum atomic E-state index is 11.7. The molecule has 2 rings (SSSR count). The van der Waals surface area contributed by atoms with E-state index in [4.69, 9.17) is 4.74 Å². The second-order valence-electron chi connectivity index (χ2n) is 5.16. The Labute approximate surface area is 118 Å². The third-order valence-corrected chi connectivity index (χ3v) is 3.34. The molecule has 1 N–H and O–H groups in total. The Hall–Kier alpha value is -1.88. The van der Waals surface area contributed by atoms with E-state index >= 15 is 0 Å². The van der Waals surface area contributed by atoms with Gasteiger partial charge in [-0.3, -0.25) is 14.9 Å². The van der Waals surface area contributed by atoms with Crippen LogP contribution in [0.2, 0.25) is 0 Å². The summed E-state index contributed by atoms with van der Waals surface area (Å²) in [5.41, 5.74) is 1.11. The van der Waals surface area contributed by atoms with E-state index in [-0.39, 0.29) is 24.1 Å². The Morgan fingerprint density at radius 1 is 1.30 bits per heavy atom. The first-order chi connectivity index (χ1) is 9.56. The van der Waals surface area contributed by atoms with Gasteiger partial charge in [0.25, 0.3) is 0 Å². The van der Waals surface area contributed by atoms with Crippen LogP contribution in [-0.4, -0.2) is 43.1 Å². The molecule has 5 nitrogen and oxygen atoms in total. The molecular weight excluding hydrogens is 256 g/mol. The number of rotatable bonds is 5. The molecule has 2 atom stereocenters. The van der Waals surface area contributed by atoms with E-state index in [1.54, 1.807) is 14.1 Å². The lowest BCUT2D eigenvalue weighted by atomic mass is 10.1. The van der Waals surface area contributed by atoms with Gasteiger partial charge < -0.3 is 9.64 Å². The summed E-state index contributed by atoms with van der Waals surface area (Å²) in [5, 5.41) is 3.14. The minimum atomic E-state index is -0.382. The van der Waals surface area contributed by atoms with Crippen molar-refractivity contribution in [2.24, 2.45) is 0 Å². The van der Waals surface area contributed by atoms with Crippen LogP contribution in [0, 0.1) is 0 Å². The zero-order chi connectivity index (χ0) is 14.5. The van der Waals surface area contributed by atoms with Gasteiger partial charge in [0.1, 0.15) is 6.04 Å². The number of nitrogens with one attached hydrogen (secondary N) is 1. The predicted octanol–water partition coefficient (Wildman–Crippen LogP) is 0.939. The van der Waals surface area contributed by atoms with Crippen LogP contribution in [0.15, 0.2) is 30.3 Å². The molecule has 0 bridgehead atoms. The van der Waals surface area contributed by atoms with Gasteiger partial charge in [0.2, 0.25) is 5.91 Å². The van der Waals surface area contributed by atoms with Gasteiger partial charge in [-0.2, -0.15) is 0 Å². The second kappa shape index (κ2) is 6.52. The van der Waals surface area contributed by atoms with Gasteiger partial charge in [0.05, 0.1) is 0 Å². The highest BCUT2D eigenvalue weighted by Gasteiger charge is 2.33. The smallest absolute Gasteiger partial charge is 0.324 e. The average Bonchev–Trinajstić information content (AvgIpc) is 2.77. The average molecular weight is 276 g/mol. The number of cyclic esters (lactones) is 1. The summed E-state index contributed by atoms with van der Waals surface area (Å²) in [6.45, 7) is 0. The van der Waals surface area contributed by atoms with E-state index in [1.807, 2.05) is 30.3 Å². The molecule has 1 amide bonds. The summed E-state index contributed by atoms with van der Waals surface area (Å²) in [7, 11) is 3.42. The molecular formula is C15H20N2O3. The molecule has 20 heavy (non-hydrogen) atoms. The quantitative estimate of drug-likeness (QED) is 0.813. The Morgan fingerprint density at radius 3 is 2.65 bits per heavy atom. The van der Waals surface area contributed by atoms with Crippen LogP contribution in [0.5, 0.6) is 0 Å². The maximum Gasteiger partial charge on any atom is 0.324 e. The Bertz CT molecular complexity index is 473. The van der Waals surface area contributed by atoms with Crippen LogP contribution in [0.3, 0.4) is 0 Å². The van der Waals surface area contributed by atoms with Gasteiger partial charge in [-0.15, -0.1) is 0 Å². The van der Waals surface area contributed by atoms with Gasteiger partial charge in [0, 0.05) is 26.9 Å². The zero-order valence-corrected chi connectivity index (χ0v) is 11.8. The van der Waals surface area contributed by atoms with E-state index in [2.05, 4.69) is 5.32 Å². The third kappa shape index (κ3) is 3.81. The second-order valence-corrected chi connectivity index (χ2v) is 5.16. The molecule has 1 unspecified atom stereocenters. The summed E-state index contributed by atoms with van der Waals surface area (Å²) in [4.78, 5) is 24.8. The molecule has 1 aromatic rings. The van der Waals surface area contributed by atoms with Crippen LogP contribution in [-0.2, 0) is 20.7 Å². The summed E-state index contributed by atoms with van der Waals surface area (Å²) in [6.07, 6.45) is 1.16. The van der Waals surface area contributed by atoms with Crippen LogP contribution >= 0.6 is 0 Å². The molecule has 0 radical (unpaired) electrons. The largest absolute Gasteiger partial charge is 0.445 e. The SMILES string of the molecule is CN(C)C(=O)CCC1N[C@H](Cc2ccccc2)OC1=O. The lowest BCUT2D eigenvalue weighted by molar-refractivity contribution is -0.142. The molecule has 1 heterocycles. The van der Waals surface area contributed by atoms with E-state index in [0.717, 1.165) is 5.56 Å². The number of amides is 1. The van der Waals surface area contributed by atoms with Crippen LogP contribution in [0.25, 0.3) is 0 Å². The van der Waals surface area contributed by atoms with E-state index in [1.165, 1.54) is 4.90 Å². The Morgan fingerprint density at radius 2 is 2.00 bits per heavy atom. The van der Waals surface area contributed by atoms with E-state index < -0.39 is 0 Å². The van der Waals surface area contributed by atoms with Crippen molar-refractivity contribution < 1.29 is 14.3 Å². The summed E-state index contributed by atoms with van der Waals surface area (Å²) >= 11 is 0. The third-order valence-electron chi connectivity index (χ3n) is 3.34. The molecule has 0 aromatic heterocycles. The first kappa shape index (κ1) is 14.5. The van der Waals surface area contributed by atoms with Crippen LogP contribution in [0.4, 0.5) is 0 Å². The highest BCUT2D eigenvalue weighted by atomic mass is 16.6. The molecule has 0 aliphatic carbocycles. The number of nitrogens with zero attached hydrogens (tertiary/aromatic N) is 1. The van der Waals surface area contributed by atoms with Gasteiger partial charge >= 0.3 is 5.97 Å². The number of carbonyl (C=O) groups is 2. The number of hydrogen-bond acceptors (Lipinski definition) is 4. The lowest BCUT2D eigenvalue weighted by Crippen LogP contribution is -2.34. The fourth-order valence-corrected chi connectivity index (χ4v) is 2.17. The molecule has 1 aliphatic rings. The predicted molar refractivity (Wildman–Crippen MR) is 74.9 cm³/mol. The molecule has 1 aromatic carbocycles. The van der Waals surface area contributed by atoms with Gasteiger partial charge in [-0.05, 0) is 12.0 Å². The molecule has 1 saturated heterocycles. The minimum absolute atomic E-state index is 0.0195. The number of benzene rings is 1. The van der Waals surface area contributed by atoms with Crippen molar-refractivity contribution in [3.05, 3.63) is 35.9 Å². The highest BCUT2D eigenvalue weighted by molar-refractivity contribution is 5.80. The Balaban J connectivity index is 1.83. The van der Waals surface area contributed by atoms with Crippen molar-refractivity contribution in [3.8, 4) is 0 Å². The fraction of sp³-hybridized carbons (Fsp3) is 0.467. The first-order valence-corrected chi connectivity index (χ1v) is 6.77. The summed E-state index contributed by atoms with van der Waals surface area (Å²) < 4.78 is 5.30. The lowest BCUT2D eigenvalue weighted by Gasteiger charge is -2.12. The van der Waals surface area contributed by atoms with Crippen LogP contribution < -0.4 is 5.32 Å². The molecule has 5 heteroatoms. The monoisotopic (exact) mass is 276 g/mol. The fourth-order valence-electron chi connectivity index (χ4n) is 2.17. The number of ether oxygens (including phenoxy) is 1. The minimum Gasteiger partial charge on any atom is -0.445 e. The molecule has 1 fully saturated rings. The standard InChI is InChI=1S/C15H20N2O3/c1-17(2)14(18)9-8-12-15(19)20-13(16-12)10-11-6-4-3-5-7-11/h3-7,12-13,16H,8-10H2,1-2H3/t12?,13-/m0/s1. The summed E-state index contributed by atoms with van der Waals surface area (Å²) in [6, 6.07) is 9.48. The number of esters is 1. The van der Waals surface area contributed by atoms with E-state index in [9.17, 15) is 9.59 Å². The van der Waals surface area contributed by atoms with Crippen molar-refractivity contribution in [1.82, 2.24) is 10.2 Å². The molecule has 0 saturated carbocycles. The van der Waals surface area contributed by atoms with Crippen molar-refractivity contribution in [2.45, 2.75) is 31.5 Å². The molecule has 108 valence electrons. The van der Waals surface area contributed by atoms with Gasteiger partial charge in [0.15, 0.2) is 6.23 Å². The van der Waals surface area contributed by atoms with E-state index in [0.29, 0.717) is 19.3 Å². The topological polar surface area (TPSA) is 58.6 Å². The first-order valence-electron chi connectivity index (χ1n) is 6.77. The van der Waals surface area contributed by atoms with Gasteiger partial charge in [-0.25, -0.2) is 0 Å². The molecule has 0 spiro atoms. The number of carbonyl (C=O) groups excluding carboxylic acids is 2. The zero-order valence-electron chi connectivity index (χ0n) is 11.8. The maximum absolute atomic E-state index is 11.7. The number of hydrogen-bond donors (Lipinski definition) is 1.